The predicted octanol–water partition coefficient (Wildman–Crippen LogP) is 3.28. The number of hydrogen-bond donors (Lipinski definition) is 1. The molecule has 1 unspecified atom stereocenters. The lowest BCUT2D eigenvalue weighted by molar-refractivity contribution is 0.417. The zero-order valence-corrected chi connectivity index (χ0v) is 11.6. The van der Waals surface area contributed by atoms with Crippen molar-refractivity contribution in [1.82, 2.24) is 5.32 Å². The van der Waals surface area contributed by atoms with Gasteiger partial charge < -0.3 is 5.32 Å². The maximum absolute atomic E-state index is 4.87. The molecule has 0 bridgehead atoms. The standard InChI is InChI=1S/C14H24N2S/c1-2-12-7-8-17-14(16-12)15-9-13(10-3-4-10)11-5-6-11/h10-13H,2-9H2,1H3,(H,15,16). The van der Waals surface area contributed by atoms with Gasteiger partial charge in [-0.3, -0.25) is 4.99 Å². The summed E-state index contributed by atoms with van der Waals surface area (Å²) in [5, 5.41) is 4.82. The second-order valence-corrected chi connectivity index (χ2v) is 6.95. The van der Waals surface area contributed by atoms with Crippen LogP contribution in [0.2, 0.25) is 0 Å². The molecule has 0 aromatic heterocycles. The number of hydrogen-bond acceptors (Lipinski definition) is 2. The Hall–Kier alpha value is -0.180. The van der Waals surface area contributed by atoms with Crippen LogP contribution in [0.15, 0.2) is 4.99 Å². The Bertz CT molecular complexity index is 283. The molecule has 0 radical (unpaired) electrons. The van der Waals surface area contributed by atoms with Crippen LogP contribution in [0.4, 0.5) is 0 Å². The quantitative estimate of drug-likeness (QED) is 0.812. The van der Waals surface area contributed by atoms with E-state index >= 15 is 0 Å². The molecule has 0 amide bonds. The highest BCUT2D eigenvalue weighted by Crippen LogP contribution is 2.49. The van der Waals surface area contributed by atoms with E-state index in [0.717, 1.165) is 24.3 Å². The van der Waals surface area contributed by atoms with Crippen LogP contribution in [-0.4, -0.2) is 23.5 Å². The first-order valence-corrected chi connectivity index (χ1v) is 8.29. The van der Waals surface area contributed by atoms with Gasteiger partial charge in [-0.15, -0.1) is 0 Å². The van der Waals surface area contributed by atoms with Gasteiger partial charge in [0.25, 0.3) is 0 Å². The summed E-state index contributed by atoms with van der Waals surface area (Å²) >= 11 is 1.93. The molecule has 96 valence electrons. The van der Waals surface area contributed by atoms with Crippen LogP contribution in [0, 0.1) is 17.8 Å². The molecule has 1 N–H and O–H groups in total. The van der Waals surface area contributed by atoms with Gasteiger partial charge in [0.1, 0.15) is 0 Å². The van der Waals surface area contributed by atoms with Crippen LogP contribution in [0.1, 0.15) is 45.4 Å². The van der Waals surface area contributed by atoms with Crippen LogP contribution >= 0.6 is 11.8 Å². The second kappa shape index (κ2) is 5.21. The molecule has 3 fully saturated rings. The molecule has 3 rings (SSSR count). The van der Waals surface area contributed by atoms with E-state index in [9.17, 15) is 0 Å². The van der Waals surface area contributed by atoms with E-state index in [1.54, 1.807) is 0 Å². The van der Waals surface area contributed by atoms with Crippen molar-refractivity contribution in [1.29, 1.82) is 0 Å². The molecule has 1 heterocycles. The molecule has 1 atom stereocenters. The molecule has 3 heteroatoms. The number of nitrogens with one attached hydrogen (secondary N) is 1. The third-order valence-electron chi connectivity index (χ3n) is 4.43. The third kappa shape index (κ3) is 3.18. The van der Waals surface area contributed by atoms with E-state index in [1.165, 1.54) is 49.4 Å². The lowest BCUT2D eigenvalue weighted by Crippen LogP contribution is -2.37. The van der Waals surface area contributed by atoms with Gasteiger partial charge in [-0.25, -0.2) is 0 Å². The minimum atomic E-state index is 0.676. The van der Waals surface area contributed by atoms with Gasteiger partial charge in [0.05, 0.1) is 0 Å². The topological polar surface area (TPSA) is 24.4 Å². The lowest BCUT2D eigenvalue weighted by Gasteiger charge is -2.24. The Morgan fingerprint density at radius 1 is 1.24 bits per heavy atom. The number of rotatable bonds is 5. The van der Waals surface area contributed by atoms with Crippen molar-refractivity contribution in [3.8, 4) is 0 Å². The van der Waals surface area contributed by atoms with Crippen molar-refractivity contribution >= 4 is 16.9 Å². The Labute approximate surface area is 109 Å². The van der Waals surface area contributed by atoms with Gasteiger partial charge in [0.2, 0.25) is 0 Å². The molecule has 3 aliphatic rings. The highest BCUT2D eigenvalue weighted by Gasteiger charge is 2.41. The zero-order valence-electron chi connectivity index (χ0n) is 10.8. The van der Waals surface area contributed by atoms with Crippen LogP contribution in [-0.2, 0) is 0 Å². The van der Waals surface area contributed by atoms with Gasteiger partial charge in [-0.2, -0.15) is 0 Å². The molecule has 0 aromatic rings. The summed E-state index contributed by atoms with van der Waals surface area (Å²) < 4.78 is 0. The smallest absolute Gasteiger partial charge is 0.156 e. The fourth-order valence-electron chi connectivity index (χ4n) is 2.90. The van der Waals surface area contributed by atoms with E-state index in [1.807, 2.05) is 11.8 Å². The minimum Gasteiger partial charge on any atom is -0.362 e. The van der Waals surface area contributed by atoms with Gasteiger partial charge in [0.15, 0.2) is 5.17 Å². The van der Waals surface area contributed by atoms with Gasteiger partial charge >= 0.3 is 0 Å². The third-order valence-corrected chi connectivity index (χ3v) is 5.39. The first-order valence-electron chi connectivity index (χ1n) is 7.30. The van der Waals surface area contributed by atoms with E-state index in [4.69, 9.17) is 4.99 Å². The second-order valence-electron chi connectivity index (χ2n) is 5.87. The molecule has 2 nitrogen and oxygen atoms in total. The largest absolute Gasteiger partial charge is 0.362 e. The van der Waals surface area contributed by atoms with Crippen LogP contribution in [0.25, 0.3) is 0 Å². The SMILES string of the molecule is CCC1CCSC(=NCC(C2CC2)C2CC2)N1. The summed E-state index contributed by atoms with van der Waals surface area (Å²) in [4.78, 5) is 4.87. The van der Waals surface area contributed by atoms with Crippen LogP contribution < -0.4 is 5.32 Å². The van der Waals surface area contributed by atoms with Gasteiger partial charge in [0, 0.05) is 18.3 Å². The summed E-state index contributed by atoms with van der Waals surface area (Å²) in [5.74, 6) is 4.23. The lowest BCUT2D eigenvalue weighted by atomic mass is 9.98. The normalized spacial score (nSPS) is 31.9. The van der Waals surface area contributed by atoms with E-state index in [0.29, 0.717) is 6.04 Å². The van der Waals surface area contributed by atoms with Crippen LogP contribution in [0.3, 0.4) is 0 Å². The zero-order chi connectivity index (χ0) is 11.7. The number of thioether (sulfide) groups is 1. The molecule has 1 aliphatic heterocycles. The van der Waals surface area contributed by atoms with E-state index < -0.39 is 0 Å². The van der Waals surface area contributed by atoms with Crippen molar-refractivity contribution in [2.75, 3.05) is 12.3 Å². The summed E-state index contributed by atoms with van der Waals surface area (Å²) in [5.41, 5.74) is 0. The van der Waals surface area contributed by atoms with Crippen molar-refractivity contribution in [2.45, 2.75) is 51.5 Å². The average molecular weight is 252 g/mol. The first-order chi connectivity index (χ1) is 8.36. The summed E-state index contributed by atoms with van der Waals surface area (Å²) in [6.45, 7) is 3.36. The van der Waals surface area contributed by atoms with Gasteiger partial charge in [-0.1, -0.05) is 18.7 Å². The highest BCUT2D eigenvalue weighted by molar-refractivity contribution is 8.13. The fraction of sp³-hybridized carbons (Fsp3) is 0.929. The fourth-order valence-corrected chi connectivity index (χ4v) is 3.92. The molecule has 0 spiro atoms. The van der Waals surface area contributed by atoms with E-state index in [2.05, 4.69) is 12.2 Å². The molecule has 2 saturated carbocycles. The van der Waals surface area contributed by atoms with E-state index in [-0.39, 0.29) is 0 Å². The van der Waals surface area contributed by atoms with Crippen molar-refractivity contribution in [3.05, 3.63) is 0 Å². The molecular weight excluding hydrogens is 228 g/mol. The Kier molecular flexibility index (Phi) is 3.64. The number of nitrogens with zero attached hydrogens (tertiary/aromatic N) is 1. The molecule has 1 saturated heterocycles. The number of aliphatic imine (C=N–C) groups is 1. The summed E-state index contributed by atoms with van der Waals surface area (Å²) in [7, 11) is 0. The molecule has 2 aliphatic carbocycles. The highest BCUT2D eigenvalue weighted by atomic mass is 32.2. The van der Waals surface area contributed by atoms with Gasteiger partial charge in [-0.05, 0) is 56.3 Å². The maximum atomic E-state index is 4.87. The Balaban J connectivity index is 1.53. The van der Waals surface area contributed by atoms with Crippen molar-refractivity contribution in [2.24, 2.45) is 22.7 Å². The number of amidine groups is 1. The molecular formula is C14H24N2S. The first kappa shape index (κ1) is 11.9. The maximum Gasteiger partial charge on any atom is 0.156 e. The predicted molar refractivity (Wildman–Crippen MR) is 75.5 cm³/mol. The molecule has 0 aromatic carbocycles. The minimum absolute atomic E-state index is 0.676. The van der Waals surface area contributed by atoms with Crippen molar-refractivity contribution < 1.29 is 0 Å². The Morgan fingerprint density at radius 2 is 1.94 bits per heavy atom. The Morgan fingerprint density at radius 3 is 2.53 bits per heavy atom. The summed E-state index contributed by atoms with van der Waals surface area (Å²) in [6.07, 6.45) is 8.44. The monoisotopic (exact) mass is 252 g/mol. The average Bonchev–Trinajstić information content (AvgIpc) is 3.22. The van der Waals surface area contributed by atoms with Crippen LogP contribution in [0.5, 0.6) is 0 Å². The molecule has 17 heavy (non-hydrogen) atoms. The summed E-state index contributed by atoms with van der Waals surface area (Å²) in [6, 6.07) is 0.676. The van der Waals surface area contributed by atoms with Crippen molar-refractivity contribution in [3.63, 3.8) is 0 Å².